The molecule has 3 aromatic rings. The molecule has 4 rings (SSSR count). The second-order valence-corrected chi connectivity index (χ2v) is 9.29. The van der Waals surface area contributed by atoms with Crippen molar-refractivity contribution < 1.29 is 14.0 Å². The van der Waals surface area contributed by atoms with Crippen LogP contribution in [0.1, 0.15) is 50.2 Å². The van der Waals surface area contributed by atoms with Crippen LogP contribution in [0, 0.1) is 11.7 Å². The van der Waals surface area contributed by atoms with Gasteiger partial charge in [0.2, 0.25) is 11.8 Å². The number of carbonyl (C=O) groups excluding carboxylic acids is 2. The van der Waals surface area contributed by atoms with Crippen LogP contribution in [0.15, 0.2) is 54.7 Å². The van der Waals surface area contributed by atoms with Crippen LogP contribution in [0.5, 0.6) is 0 Å². The lowest BCUT2D eigenvalue weighted by atomic mass is 10.1. The van der Waals surface area contributed by atoms with E-state index in [1.165, 1.54) is 12.1 Å². The molecule has 5 nitrogen and oxygen atoms in total. The van der Waals surface area contributed by atoms with E-state index in [0.29, 0.717) is 26.1 Å². The normalized spacial score (nSPS) is 13.9. The Morgan fingerprint density at radius 3 is 2.47 bits per heavy atom. The summed E-state index contributed by atoms with van der Waals surface area (Å²) in [5.41, 5.74) is 3.10. The van der Waals surface area contributed by atoms with Gasteiger partial charge in [0.25, 0.3) is 0 Å². The quantitative estimate of drug-likeness (QED) is 0.443. The first-order valence-electron chi connectivity index (χ1n) is 12.4. The Labute approximate surface area is 200 Å². The zero-order chi connectivity index (χ0) is 23.9. The highest BCUT2D eigenvalue weighted by atomic mass is 19.1. The third kappa shape index (κ3) is 5.85. The van der Waals surface area contributed by atoms with Gasteiger partial charge in [-0.2, -0.15) is 0 Å². The minimum atomic E-state index is -0.295. The molecule has 0 saturated heterocycles. The lowest BCUT2D eigenvalue weighted by Crippen LogP contribution is -2.45. The number of rotatable bonds is 10. The number of amides is 2. The predicted octanol–water partition coefficient (Wildman–Crippen LogP) is 5.31. The highest BCUT2D eigenvalue weighted by molar-refractivity contribution is 5.86. The summed E-state index contributed by atoms with van der Waals surface area (Å²) >= 11 is 0. The van der Waals surface area contributed by atoms with Gasteiger partial charge >= 0.3 is 0 Å². The van der Waals surface area contributed by atoms with Gasteiger partial charge in [0.15, 0.2) is 0 Å². The zero-order valence-electron chi connectivity index (χ0n) is 19.9. The number of nitrogens with one attached hydrogen (secondary N) is 1. The molecule has 1 fully saturated rings. The Balaban J connectivity index is 1.49. The summed E-state index contributed by atoms with van der Waals surface area (Å²) in [5.74, 6) is -0.192. The van der Waals surface area contributed by atoms with Crippen LogP contribution >= 0.6 is 0 Å². The molecule has 0 aliphatic heterocycles. The van der Waals surface area contributed by atoms with Crippen molar-refractivity contribution in [1.82, 2.24) is 14.8 Å². The fraction of sp³-hybridized carbons (Fsp3) is 0.429. The minimum absolute atomic E-state index is 0.0520. The SMILES string of the molecule is CCCN(CC(=O)N(CCc1c[nH]c2ccccc12)Cc1ccc(F)cc1)C(=O)C1CCCC1. The number of halogens is 1. The number of aromatic nitrogens is 1. The van der Waals surface area contributed by atoms with Crippen molar-refractivity contribution >= 4 is 22.7 Å². The number of benzene rings is 2. The highest BCUT2D eigenvalue weighted by Gasteiger charge is 2.29. The van der Waals surface area contributed by atoms with E-state index in [1.807, 2.05) is 31.3 Å². The van der Waals surface area contributed by atoms with Crippen LogP contribution < -0.4 is 0 Å². The molecule has 2 aromatic carbocycles. The molecule has 0 atom stereocenters. The fourth-order valence-corrected chi connectivity index (χ4v) is 4.93. The molecule has 1 aliphatic rings. The largest absolute Gasteiger partial charge is 0.361 e. The standard InChI is InChI=1S/C28H34FN3O2/c1-2-16-32(28(34)22-7-3-4-8-22)20-27(33)31(19-21-11-13-24(29)14-12-21)17-15-23-18-30-26-10-6-5-9-25(23)26/h5-6,9-14,18,22,30H,2-4,7-8,15-17,19-20H2,1H3. The zero-order valence-corrected chi connectivity index (χ0v) is 19.9. The van der Waals surface area contributed by atoms with E-state index in [0.717, 1.165) is 54.1 Å². The van der Waals surface area contributed by atoms with E-state index < -0.39 is 0 Å². The van der Waals surface area contributed by atoms with Crippen molar-refractivity contribution in [2.45, 2.75) is 52.0 Å². The first-order valence-corrected chi connectivity index (χ1v) is 12.4. The van der Waals surface area contributed by atoms with Gasteiger partial charge in [-0.05, 0) is 55.0 Å². The maximum Gasteiger partial charge on any atom is 0.242 e. The average molecular weight is 464 g/mol. The molecule has 0 spiro atoms. The van der Waals surface area contributed by atoms with Gasteiger partial charge in [0, 0.05) is 42.7 Å². The van der Waals surface area contributed by atoms with Gasteiger partial charge in [0.05, 0.1) is 6.54 Å². The Hall–Kier alpha value is -3.15. The number of nitrogens with zero attached hydrogens (tertiary/aromatic N) is 2. The number of carbonyl (C=O) groups is 2. The van der Waals surface area contributed by atoms with Crippen molar-refractivity contribution in [2.75, 3.05) is 19.6 Å². The number of aromatic amines is 1. The monoisotopic (exact) mass is 463 g/mol. The number of hydrogen-bond donors (Lipinski definition) is 1. The van der Waals surface area contributed by atoms with Gasteiger partial charge in [-0.1, -0.05) is 50.1 Å². The van der Waals surface area contributed by atoms with Crippen LogP contribution in [0.4, 0.5) is 4.39 Å². The summed E-state index contributed by atoms with van der Waals surface area (Å²) in [7, 11) is 0. The molecular formula is C28H34FN3O2. The first kappa shape index (κ1) is 24.0. The highest BCUT2D eigenvalue weighted by Crippen LogP contribution is 2.27. The first-order chi connectivity index (χ1) is 16.5. The number of para-hydroxylation sites is 1. The molecule has 1 N–H and O–H groups in total. The fourth-order valence-electron chi connectivity index (χ4n) is 4.93. The van der Waals surface area contributed by atoms with Gasteiger partial charge < -0.3 is 14.8 Å². The predicted molar refractivity (Wildman–Crippen MR) is 133 cm³/mol. The van der Waals surface area contributed by atoms with Crippen molar-refractivity contribution in [3.8, 4) is 0 Å². The average Bonchev–Trinajstić information content (AvgIpc) is 3.53. The summed E-state index contributed by atoms with van der Waals surface area (Å²) in [6.07, 6.45) is 7.54. The Morgan fingerprint density at radius 1 is 1.00 bits per heavy atom. The van der Waals surface area contributed by atoms with Gasteiger partial charge in [-0.15, -0.1) is 0 Å². The summed E-state index contributed by atoms with van der Waals surface area (Å²) in [4.78, 5) is 33.4. The van der Waals surface area contributed by atoms with Crippen molar-refractivity contribution in [2.24, 2.45) is 5.92 Å². The topological polar surface area (TPSA) is 56.4 Å². The summed E-state index contributed by atoms with van der Waals surface area (Å²) in [6.45, 7) is 3.63. The molecule has 1 aromatic heterocycles. The van der Waals surface area contributed by atoms with E-state index in [2.05, 4.69) is 11.1 Å². The summed E-state index contributed by atoms with van der Waals surface area (Å²) in [5, 5.41) is 1.15. The molecular weight excluding hydrogens is 429 g/mol. The van der Waals surface area contributed by atoms with E-state index >= 15 is 0 Å². The maximum absolute atomic E-state index is 13.5. The second kappa shape index (κ2) is 11.3. The molecule has 6 heteroatoms. The van der Waals surface area contributed by atoms with Crippen LogP contribution in [-0.4, -0.2) is 46.2 Å². The summed E-state index contributed by atoms with van der Waals surface area (Å²) in [6, 6.07) is 14.4. The van der Waals surface area contributed by atoms with Crippen LogP contribution in [-0.2, 0) is 22.6 Å². The second-order valence-electron chi connectivity index (χ2n) is 9.29. The van der Waals surface area contributed by atoms with Gasteiger partial charge in [0.1, 0.15) is 5.82 Å². The van der Waals surface area contributed by atoms with Crippen molar-refractivity contribution in [1.29, 1.82) is 0 Å². The molecule has 2 amide bonds. The molecule has 1 heterocycles. The summed E-state index contributed by atoms with van der Waals surface area (Å²) < 4.78 is 13.4. The third-order valence-electron chi connectivity index (χ3n) is 6.80. The van der Waals surface area contributed by atoms with Crippen LogP contribution in [0.25, 0.3) is 10.9 Å². The van der Waals surface area contributed by atoms with Gasteiger partial charge in [-0.3, -0.25) is 9.59 Å². The van der Waals surface area contributed by atoms with E-state index in [-0.39, 0.29) is 30.1 Å². The van der Waals surface area contributed by atoms with E-state index in [1.54, 1.807) is 21.9 Å². The molecule has 1 aliphatic carbocycles. The Kier molecular flexibility index (Phi) is 7.99. The maximum atomic E-state index is 13.5. The van der Waals surface area contributed by atoms with Crippen molar-refractivity contribution in [3.63, 3.8) is 0 Å². The third-order valence-corrected chi connectivity index (χ3v) is 6.80. The minimum Gasteiger partial charge on any atom is -0.361 e. The number of fused-ring (bicyclic) bond motifs is 1. The van der Waals surface area contributed by atoms with Crippen molar-refractivity contribution in [3.05, 3.63) is 71.7 Å². The number of H-pyrrole nitrogens is 1. The molecule has 34 heavy (non-hydrogen) atoms. The molecule has 0 radical (unpaired) electrons. The molecule has 1 saturated carbocycles. The molecule has 0 unspecified atom stereocenters. The van der Waals surface area contributed by atoms with Crippen LogP contribution in [0.2, 0.25) is 0 Å². The van der Waals surface area contributed by atoms with E-state index in [4.69, 9.17) is 0 Å². The smallest absolute Gasteiger partial charge is 0.242 e. The van der Waals surface area contributed by atoms with Gasteiger partial charge in [-0.25, -0.2) is 4.39 Å². The lowest BCUT2D eigenvalue weighted by molar-refractivity contribution is -0.143. The number of hydrogen-bond acceptors (Lipinski definition) is 2. The lowest BCUT2D eigenvalue weighted by Gasteiger charge is -2.29. The molecule has 0 bridgehead atoms. The molecule has 180 valence electrons. The van der Waals surface area contributed by atoms with Crippen LogP contribution in [0.3, 0.4) is 0 Å². The Bertz CT molecular complexity index is 1100. The van der Waals surface area contributed by atoms with E-state index in [9.17, 15) is 14.0 Å². The Morgan fingerprint density at radius 2 is 1.74 bits per heavy atom.